The smallest absolute Gasteiger partial charge is 0.258 e. The number of hydrogen-bond acceptors (Lipinski definition) is 4. The Kier molecular flexibility index (Phi) is 3.23. The first-order chi connectivity index (χ1) is 8.54. The summed E-state index contributed by atoms with van der Waals surface area (Å²) in [5.74, 6) is 0.0345. The van der Waals surface area contributed by atoms with E-state index >= 15 is 0 Å². The standard InChI is InChI=1S/C13H14N4O/c1-8-6-9(2)16-13(15-8)17-12(18)10-4-3-5-11(14)7-10/h3-7H,14H2,1-2H3,(H,15,16,17,18). The maximum atomic E-state index is 11.9. The largest absolute Gasteiger partial charge is 0.399 e. The molecule has 1 aromatic carbocycles. The number of benzene rings is 1. The van der Waals surface area contributed by atoms with E-state index in [4.69, 9.17) is 5.73 Å². The summed E-state index contributed by atoms with van der Waals surface area (Å²) in [4.78, 5) is 20.2. The Morgan fingerprint density at radius 1 is 1.17 bits per heavy atom. The maximum Gasteiger partial charge on any atom is 0.258 e. The summed E-state index contributed by atoms with van der Waals surface area (Å²) >= 11 is 0. The number of amides is 1. The van der Waals surface area contributed by atoms with E-state index in [9.17, 15) is 4.79 Å². The number of nitrogen functional groups attached to an aromatic ring is 1. The van der Waals surface area contributed by atoms with Crippen LogP contribution in [0, 0.1) is 13.8 Å². The van der Waals surface area contributed by atoms with Crippen LogP contribution < -0.4 is 11.1 Å². The normalized spacial score (nSPS) is 10.1. The van der Waals surface area contributed by atoms with Crippen LogP contribution in [0.2, 0.25) is 0 Å². The third kappa shape index (κ3) is 2.82. The van der Waals surface area contributed by atoms with Crippen molar-refractivity contribution in [3.8, 4) is 0 Å². The van der Waals surface area contributed by atoms with Crippen LogP contribution in [0.5, 0.6) is 0 Å². The van der Waals surface area contributed by atoms with Gasteiger partial charge in [0.25, 0.3) is 5.91 Å². The van der Waals surface area contributed by atoms with E-state index in [1.165, 1.54) is 0 Å². The fourth-order valence-corrected chi connectivity index (χ4v) is 1.64. The second kappa shape index (κ2) is 4.83. The minimum atomic E-state index is -0.271. The molecule has 0 aliphatic heterocycles. The first-order valence-electron chi connectivity index (χ1n) is 5.54. The highest BCUT2D eigenvalue weighted by atomic mass is 16.1. The molecule has 0 radical (unpaired) electrons. The summed E-state index contributed by atoms with van der Waals surface area (Å²) < 4.78 is 0. The molecule has 0 unspecified atom stereocenters. The molecular formula is C13H14N4O. The molecular weight excluding hydrogens is 228 g/mol. The van der Waals surface area contributed by atoms with E-state index in [1.54, 1.807) is 24.3 Å². The van der Waals surface area contributed by atoms with Crippen molar-refractivity contribution < 1.29 is 4.79 Å². The van der Waals surface area contributed by atoms with E-state index in [-0.39, 0.29) is 5.91 Å². The van der Waals surface area contributed by atoms with Crippen LogP contribution in [-0.4, -0.2) is 15.9 Å². The average Bonchev–Trinajstić information content (AvgIpc) is 2.27. The van der Waals surface area contributed by atoms with Crippen molar-refractivity contribution in [2.24, 2.45) is 0 Å². The summed E-state index contributed by atoms with van der Waals surface area (Å²) in [7, 11) is 0. The molecule has 2 aromatic rings. The summed E-state index contributed by atoms with van der Waals surface area (Å²) in [5, 5.41) is 2.65. The highest BCUT2D eigenvalue weighted by Crippen LogP contribution is 2.09. The Bertz CT molecular complexity index is 575. The summed E-state index contributed by atoms with van der Waals surface area (Å²) in [6.07, 6.45) is 0. The van der Waals surface area contributed by atoms with Gasteiger partial charge in [0, 0.05) is 22.6 Å². The van der Waals surface area contributed by atoms with Gasteiger partial charge in [-0.25, -0.2) is 9.97 Å². The van der Waals surface area contributed by atoms with Gasteiger partial charge in [-0.1, -0.05) is 6.07 Å². The first-order valence-corrected chi connectivity index (χ1v) is 5.54. The fraction of sp³-hybridized carbons (Fsp3) is 0.154. The molecule has 5 nitrogen and oxygen atoms in total. The van der Waals surface area contributed by atoms with Gasteiger partial charge in [-0.3, -0.25) is 10.1 Å². The number of aryl methyl sites for hydroxylation is 2. The lowest BCUT2D eigenvalue weighted by Crippen LogP contribution is -2.15. The van der Waals surface area contributed by atoms with Gasteiger partial charge in [-0.05, 0) is 38.1 Å². The first kappa shape index (κ1) is 12.0. The third-order valence-corrected chi connectivity index (χ3v) is 2.36. The zero-order valence-electron chi connectivity index (χ0n) is 10.3. The van der Waals surface area contributed by atoms with Gasteiger partial charge < -0.3 is 5.73 Å². The minimum absolute atomic E-state index is 0.271. The molecule has 1 aromatic heterocycles. The molecule has 0 saturated heterocycles. The number of carbonyl (C=O) groups excluding carboxylic acids is 1. The monoisotopic (exact) mass is 242 g/mol. The van der Waals surface area contributed by atoms with E-state index < -0.39 is 0 Å². The molecule has 0 spiro atoms. The molecule has 18 heavy (non-hydrogen) atoms. The van der Waals surface area contributed by atoms with Crippen molar-refractivity contribution in [1.29, 1.82) is 0 Å². The van der Waals surface area contributed by atoms with Crippen LogP contribution in [0.15, 0.2) is 30.3 Å². The van der Waals surface area contributed by atoms with Crippen molar-refractivity contribution in [2.45, 2.75) is 13.8 Å². The molecule has 92 valence electrons. The van der Waals surface area contributed by atoms with E-state index in [2.05, 4.69) is 15.3 Å². The average molecular weight is 242 g/mol. The molecule has 5 heteroatoms. The van der Waals surface area contributed by atoms with E-state index in [0.717, 1.165) is 11.4 Å². The molecule has 0 aliphatic rings. The van der Waals surface area contributed by atoms with E-state index in [1.807, 2.05) is 19.9 Å². The molecule has 3 N–H and O–H groups in total. The zero-order valence-corrected chi connectivity index (χ0v) is 10.3. The number of nitrogens with one attached hydrogen (secondary N) is 1. The van der Waals surface area contributed by atoms with E-state index in [0.29, 0.717) is 17.2 Å². The van der Waals surface area contributed by atoms with Crippen molar-refractivity contribution in [2.75, 3.05) is 11.1 Å². The number of rotatable bonds is 2. The number of anilines is 2. The highest BCUT2D eigenvalue weighted by Gasteiger charge is 2.08. The Hall–Kier alpha value is -2.43. The molecule has 0 aliphatic carbocycles. The zero-order chi connectivity index (χ0) is 13.1. The number of aromatic nitrogens is 2. The van der Waals surface area contributed by atoms with Gasteiger partial charge in [-0.2, -0.15) is 0 Å². The van der Waals surface area contributed by atoms with Gasteiger partial charge in [0.15, 0.2) is 0 Å². The Labute approximate surface area is 105 Å². The molecule has 0 saturated carbocycles. The predicted molar refractivity (Wildman–Crippen MR) is 70.3 cm³/mol. The fourth-order valence-electron chi connectivity index (χ4n) is 1.64. The quantitative estimate of drug-likeness (QED) is 0.788. The van der Waals surface area contributed by atoms with Crippen molar-refractivity contribution in [1.82, 2.24) is 9.97 Å². The van der Waals surface area contributed by atoms with Crippen molar-refractivity contribution >= 4 is 17.5 Å². The van der Waals surface area contributed by atoms with Gasteiger partial charge in [0.2, 0.25) is 5.95 Å². The lowest BCUT2D eigenvalue weighted by atomic mass is 10.2. The molecule has 0 fully saturated rings. The van der Waals surface area contributed by atoms with Crippen LogP contribution in [0.4, 0.5) is 11.6 Å². The van der Waals surface area contributed by atoms with Crippen LogP contribution in [0.3, 0.4) is 0 Å². The topological polar surface area (TPSA) is 80.9 Å². The molecule has 1 heterocycles. The lowest BCUT2D eigenvalue weighted by molar-refractivity contribution is 0.102. The highest BCUT2D eigenvalue weighted by molar-refractivity contribution is 6.03. The lowest BCUT2D eigenvalue weighted by Gasteiger charge is -2.06. The summed E-state index contributed by atoms with van der Waals surface area (Å²) in [5.41, 5.74) is 8.28. The van der Waals surface area contributed by atoms with Gasteiger partial charge >= 0.3 is 0 Å². The Morgan fingerprint density at radius 2 is 1.83 bits per heavy atom. The number of carbonyl (C=O) groups is 1. The summed E-state index contributed by atoms with van der Waals surface area (Å²) in [6.45, 7) is 3.70. The number of nitrogens with zero attached hydrogens (tertiary/aromatic N) is 2. The minimum Gasteiger partial charge on any atom is -0.399 e. The molecule has 2 rings (SSSR count). The van der Waals surface area contributed by atoms with Crippen molar-refractivity contribution in [3.63, 3.8) is 0 Å². The van der Waals surface area contributed by atoms with Crippen LogP contribution in [-0.2, 0) is 0 Å². The van der Waals surface area contributed by atoms with Gasteiger partial charge in [0.1, 0.15) is 0 Å². The SMILES string of the molecule is Cc1cc(C)nc(NC(=O)c2cccc(N)c2)n1. The van der Waals surface area contributed by atoms with Crippen LogP contribution >= 0.6 is 0 Å². The van der Waals surface area contributed by atoms with Gasteiger partial charge in [-0.15, -0.1) is 0 Å². The molecule has 0 bridgehead atoms. The molecule has 0 atom stereocenters. The van der Waals surface area contributed by atoms with Crippen LogP contribution in [0.1, 0.15) is 21.7 Å². The number of hydrogen-bond donors (Lipinski definition) is 2. The summed E-state index contributed by atoms with van der Waals surface area (Å²) in [6, 6.07) is 8.60. The van der Waals surface area contributed by atoms with Crippen molar-refractivity contribution in [3.05, 3.63) is 47.3 Å². The second-order valence-corrected chi connectivity index (χ2v) is 4.05. The molecule has 1 amide bonds. The number of nitrogens with two attached hydrogens (primary N) is 1. The van der Waals surface area contributed by atoms with Crippen LogP contribution in [0.25, 0.3) is 0 Å². The Morgan fingerprint density at radius 3 is 2.44 bits per heavy atom. The third-order valence-electron chi connectivity index (χ3n) is 2.36. The Balaban J connectivity index is 2.21. The van der Waals surface area contributed by atoms with Gasteiger partial charge in [0.05, 0.1) is 0 Å². The second-order valence-electron chi connectivity index (χ2n) is 4.05. The predicted octanol–water partition coefficient (Wildman–Crippen LogP) is 1.93. The maximum absolute atomic E-state index is 11.9.